The number of hydrogen-bond donors (Lipinski definition) is 3. The summed E-state index contributed by atoms with van der Waals surface area (Å²) in [4.78, 5) is 11.3. The molecule has 0 saturated carbocycles. The predicted molar refractivity (Wildman–Crippen MR) is 79.7 cm³/mol. The number of amides is 1. The number of hydrogen-bond acceptors (Lipinski definition) is 4. The Morgan fingerprint density at radius 1 is 1.30 bits per heavy atom. The number of hydrazine groups is 1. The lowest BCUT2D eigenvalue weighted by atomic mass is 10.0. The molecule has 0 heterocycles. The summed E-state index contributed by atoms with van der Waals surface area (Å²) in [6.07, 6.45) is -0.463. The van der Waals surface area contributed by atoms with E-state index in [2.05, 4.69) is 27.5 Å². The average molecular weight is 277 g/mol. The topological polar surface area (TPSA) is 62.4 Å². The van der Waals surface area contributed by atoms with Crippen molar-refractivity contribution in [3.05, 3.63) is 48.2 Å². The van der Waals surface area contributed by atoms with E-state index in [1.54, 1.807) is 0 Å². The fraction of sp³-hybridized carbons (Fsp3) is 0.400. The lowest BCUT2D eigenvalue weighted by Gasteiger charge is -2.25. The Hall–Kier alpha value is -2.01. The molecule has 0 radical (unpaired) electrons. The maximum atomic E-state index is 11.3. The molecular weight excluding hydrogens is 254 g/mol. The van der Waals surface area contributed by atoms with Gasteiger partial charge in [-0.15, -0.1) is 0 Å². The molecular formula is C15H23N3O2. The number of carbonyl (C=O) groups is 1. The van der Waals surface area contributed by atoms with Gasteiger partial charge < -0.3 is 15.5 Å². The van der Waals surface area contributed by atoms with Crippen LogP contribution in [0.2, 0.25) is 0 Å². The molecule has 1 aromatic carbocycles. The molecule has 0 bridgehead atoms. The van der Waals surface area contributed by atoms with Crippen LogP contribution in [0.5, 0.6) is 0 Å². The average Bonchev–Trinajstić information content (AvgIpc) is 2.45. The van der Waals surface area contributed by atoms with Crippen LogP contribution in [0, 0.1) is 5.92 Å². The molecule has 0 aliphatic carbocycles. The van der Waals surface area contributed by atoms with E-state index in [4.69, 9.17) is 0 Å². The summed E-state index contributed by atoms with van der Waals surface area (Å²) in [7, 11) is 1.34. The van der Waals surface area contributed by atoms with E-state index in [0.29, 0.717) is 12.2 Å². The number of rotatable bonds is 7. The van der Waals surface area contributed by atoms with Crippen LogP contribution in [-0.2, 0) is 11.3 Å². The highest BCUT2D eigenvalue weighted by atomic mass is 16.5. The van der Waals surface area contributed by atoms with Gasteiger partial charge in [0.2, 0.25) is 0 Å². The number of alkyl carbamates (subject to hydrolysis) is 1. The number of carbonyl (C=O) groups excluding carboxylic acids is 1. The molecule has 3 N–H and O–H groups in total. The number of ether oxygens (including phenoxy) is 1. The Kier molecular flexibility index (Phi) is 6.59. The van der Waals surface area contributed by atoms with Crippen molar-refractivity contribution < 1.29 is 9.53 Å². The molecule has 0 spiro atoms. The second kappa shape index (κ2) is 8.22. The monoisotopic (exact) mass is 277 g/mol. The Morgan fingerprint density at radius 3 is 2.50 bits per heavy atom. The fourth-order valence-corrected chi connectivity index (χ4v) is 1.78. The van der Waals surface area contributed by atoms with Crippen LogP contribution in [0.1, 0.15) is 19.4 Å². The molecule has 0 aliphatic heterocycles. The summed E-state index contributed by atoms with van der Waals surface area (Å²) in [6, 6.07) is 9.81. The summed E-state index contributed by atoms with van der Waals surface area (Å²) in [5.41, 5.74) is 7.97. The van der Waals surface area contributed by atoms with Crippen molar-refractivity contribution in [1.29, 1.82) is 0 Å². The zero-order valence-electron chi connectivity index (χ0n) is 12.3. The molecule has 110 valence electrons. The Bertz CT molecular complexity index is 432. The Labute approximate surface area is 120 Å². The van der Waals surface area contributed by atoms with Crippen molar-refractivity contribution in [3.63, 3.8) is 0 Å². The first-order valence-electron chi connectivity index (χ1n) is 6.60. The Balaban J connectivity index is 2.44. The lowest BCUT2D eigenvalue weighted by Crippen LogP contribution is -2.46. The zero-order chi connectivity index (χ0) is 15.0. The highest BCUT2D eigenvalue weighted by molar-refractivity contribution is 5.67. The molecule has 5 heteroatoms. The van der Waals surface area contributed by atoms with E-state index in [0.717, 1.165) is 5.56 Å². The molecule has 1 atom stereocenters. The van der Waals surface area contributed by atoms with Crippen molar-refractivity contribution >= 4 is 6.09 Å². The van der Waals surface area contributed by atoms with Crippen LogP contribution in [0.3, 0.4) is 0 Å². The van der Waals surface area contributed by atoms with Gasteiger partial charge in [-0.2, -0.15) is 0 Å². The SMILES string of the molecule is C=C(NNCc1ccccc1)[C@@H](NC(=O)OC)C(C)C. The number of methoxy groups -OCH3 is 1. The van der Waals surface area contributed by atoms with E-state index in [9.17, 15) is 4.79 Å². The first-order valence-corrected chi connectivity index (χ1v) is 6.60. The second-order valence-corrected chi connectivity index (χ2v) is 4.85. The van der Waals surface area contributed by atoms with Crippen molar-refractivity contribution in [2.24, 2.45) is 5.92 Å². The highest BCUT2D eigenvalue weighted by Crippen LogP contribution is 2.08. The van der Waals surface area contributed by atoms with E-state index in [1.807, 2.05) is 44.2 Å². The van der Waals surface area contributed by atoms with Crippen LogP contribution in [0.15, 0.2) is 42.6 Å². The molecule has 1 aromatic rings. The van der Waals surface area contributed by atoms with E-state index in [1.165, 1.54) is 7.11 Å². The highest BCUT2D eigenvalue weighted by Gasteiger charge is 2.19. The van der Waals surface area contributed by atoms with Gasteiger partial charge in [0.15, 0.2) is 0 Å². The van der Waals surface area contributed by atoms with Gasteiger partial charge in [-0.05, 0) is 11.5 Å². The summed E-state index contributed by atoms with van der Waals surface area (Å²) in [5, 5.41) is 2.75. The van der Waals surface area contributed by atoms with Crippen molar-refractivity contribution in [1.82, 2.24) is 16.2 Å². The van der Waals surface area contributed by atoms with Crippen LogP contribution in [0.4, 0.5) is 4.79 Å². The lowest BCUT2D eigenvalue weighted by molar-refractivity contribution is 0.164. The summed E-state index contributed by atoms with van der Waals surface area (Å²) >= 11 is 0. The van der Waals surface area contributed by atoms with Gasteiger partial charge >= 0.3 is 6.09 Å². The minimum atomic E-state index is -0.463. The molecule has 20 heavy (non-hydrogen) atoms. The second-order valence-electron chi connectivity index (χ2n) is 4.85. The standard InChI is InChI=1S/C15H23N3O2/c1-11(2)14(17-15(19)20-4)12(3)18-16-10-13-8-6-5-7-9-13/h5-9,11,14,16,18H,3,10H2,1-2,4H3,(H,17,19)/t14-/m0/s1. The molecule has 1 amide bonds. The van der Waals surface area contributed by atoms with E-state index in [-0.39, 0.29) is 12.0 Å². The minimum Gasteiger partial charge on any atom is -0.453 e. The van der Waals surface area contributed by atoms with Crippen molar-refractivity contribution in [2.45, 2.75) is 26.4 Å². The summed E-state index contributed by atoms with van der Waals surface area (Å²) in [5.74, 6) is 0.202. The third kappa shape index (κ3) is 5.32. The number of nitrogens with one attached hydrogen (secondary N) is 3. The third-order valence-corrected chi connectivity index (χ3v) is 2.89. The predicted octanol–water partition coefficient (Wildman–Crippen LogP) is 2.18. The number of benzene rings is 1. The van der Waals surface area contributed by atoms with Gasteiger partial charge in [0.25, 0.3) is 0 Å². The van der Waals surface area contributed by atoms with Crippen LogP contribution in [-0.4, -0.2) is 19.2 Å². The van der Waals surface area contributed by atoms with Gasteiger partial charge in [0.1, 0.15) is 0 Å². The molecule has 0 aromatic heterocycles. The van der Waals surface area contributed by atoms with Crippen LogP contribution < -0.4 is 16.2 Å². The van der Waals surface area contributed by atoms with Crippen molar-refractivity contribution in [3.8, 4) is 0 Å². The van der Waals surface area contributed by atoms with Gasteiger partial charge in [0.05, 0.1) is 13.2 Å². The smallest absolute Gasteiger partial charge is 0.407 e. The first kappa shape index (κ1) is 16.0. The van der Waals surface area contributed by atoms with Crippen molar-refractivity contribution in [2.75, 3.05) is 7.11 Å². The fourth-order valence-electron chi connectivity index (χ4n) is 1.78. The van der Waals surface area contributed by atoms with E-state index >= 15 is 0 Å². The minimum absolute atomic E-state index is 0.202. The van der Waals surface area contributed by atoms with Crippen LogP contribution in [0.25, 0.3) is 0 Å². The molecule has 5 nitrogen and oxygen atoms in total. The normalized spacial score (nSPS) is 11.8. The summed E-state index contributed by atoms with van der Waals surface area (Å²) < 4.78 is 4.62. The third-order valence-electron chi connectivity index (χ3n) is 2.89. The quantitative estimate of drug-likeness (QED) is 0.668. The van der Waals surface area contributed by atoms with Gasteiger partial charge in [-0.25, -0.2) is 10.2 Å². The summed E-state index contributed by atoms with van der Waals surface area (Å²) in [6.45, 7) is 8.63. The molecule has 0 aliphatic rings. The maximum absolute atomic E-state index is 11.3. The molecule has 1 rings (SSSR count). The van der Waals surface area contributed by atoms with E-state index < -0.39 is 6.09 Å². The molecule has 0 fully saturated rings. The first-order chi connectivity index (χ1) is 9.54. The van der Waals surface area contributed by atoms with Gasteiger partial charge in [0, 0.05) is 12.2 Å². The van der Waals surface area contributed by atoms with Gasteiger partial charge in [-0.1, -0.05) is 50.8 Å². The maximum Gasteiger partial charge on any atom is 0.407 e. The Morgan fingerprint density at radius 2 is 1.95 bits per heavy atom. The van der Waals surface area contributed by atoms with Gasteiger partial charge in [-0.3, -0.25) is 0 Å². The molecule has 0 saturated heterocycles. The van der Waals surface area contributed by atoms with Crippen LogP contribution >= 0.6 is 0 Å². The zero-order valence-corrected chi connectivity index (χ0v) is 12.3. The largest absolute Gasteiger partial charge is 0.453 e. The molecule has 0 unspecified atom stereocenters.